The van der Waals surface area contributed by atoms with E-state index in [1.165, 1.54) is 12.1 Å². The summed E-state index contributed by atoms with van der Waals surface area (Å²) < 4.78 is 34.0. The molecule has 22 heavy (non-hydrogen) atoms. The summed E-state index contributed by atoms with van der Waals surface area (Å²) in [7, 11) is 0. The van der Waals surface area contributed by atoms with Crippen molar-refractivity contribution in [2.45, 2.75) is 13.2 Å². The minimum absolute atomic E-state index is 0.0887. The lowest BCUT2D eigenvalue weighted by atomic mass is 10.2. The predicted molar refractivity (Wildman–Crippen MR) is 73.5 cm³/mol. The first-order chi connectivity index (χ1) is 10.6. The van der Waals surface area contributed by atoms with E-state index in [2.05, 4.69) is 25.1 Å². The van der Waals surface area contributed by atoms with Crippen molar-refractivity contribution in [2.75, 3.05) is 5.73 Å². The molecule has 7 nitrogen and oxygen atoms in total. The van der Waals surface area contributed by atoms with Gasteiger partial charge in [0.15, 0.2) is 16.9 Å². The molecule has 9 heteroatoms. The Morgan fingerprint density at radius 1 is 1.23 bits per heavy atom. The van der Waals surface area contributed by atoms with Crippen LogP contribution < -0.4 is 15.2 Å². The van der Waals surface area contributed by atoms with Crippen LogP contribution in [0.3, 0.4) is 0 Å². The van der Waals surface area contributed by atoms with Crippen LogP contribution in [0.1, 0.15) is 5.56 Å². The van der Waals surface area contributed by atoms with Crippen molar-refractivity contribution in [3.8, 4) is 11.5 Å². The molecule has 0 aliphatic rings. The highest BCUT2D eigenvalue weighted by Gasteiger charge is 2.10. The minimum atomic E-state index is -2.85. The fraction of sp³-hybridized carbons (Fsp3) is 0.154. The number of pyridine rings is 1. The molecule has 2 aromatic heterocycles. The van der Waals surface area contributed by atoms with Crippen molar-refractivity contribution in [3.63, 3.8) is 0 Å². The third-order valence-corrected chi connectivity index (χ3v) is 2.83. The topological polar surface area (TPSA) is 98.9 Å². The number of ether oxygens (including phenoxy) is 2. The third kappa shape index (κ3) is 3.03. The summed E-state index contributed by atoms with van der Waals surface area (Å²) in [4.78, 5) is 4.02. The van der Waals surface area contributed by atoms with Gasteiger partial charge in [-0.15, -0.1) is 5.10 Å². The number of alkyl halides is 2. The minimum Gasteiger partial charge on any atom is -0.486 e. The Morgan fingerprint density at radius 2 is 2.00 bits per heavy atom. The Bertz CT molecular complexity index is 776. The number of anilines is 1. The van der Waals surface area contributed by atoms with Gasteiger partial charge in [-0.25, -0.2) is 10.1 Å². The first-order valence-corrected chi connectivity index (χ1v) is 6.25. The van der Waals surface area contributed by atoms with E-state index < -0.39 is 6.61 Å². The number of aromatic nitrogens is 4. The number of halogens is 2. The molecule has 0 aliphatic carbocycles. The van der Waals surface area contributed by atoms with E-state index in [9.17, 15) is 8.78 Å². The van der Waals surface area contributed by atoms with Gasteiger partial charge >= 0.3 is 6.61 Å². The number of hydrogen-bond donors (Lipinski definition) is 2. The van der Waals surface area contributed by atoms with Crippen molar-refractivity contribution in [3.05, 3.63) is 35.9 Å². The number of hydrogen-bond acceptors (Lipinski definition) is 6. The molecular formula is C13H11F2N5O2. The first-order valence-electron chi connectivity index (χ1n) is 6.25. The summed E-state index contributed by atoms with van der Waals surface area (Å²) in [5, 5.41) is 10.1. The van der Waals surface area contributed by atoms with Crippen LogP contribution in [-0.4, -0.2) is 27.0 Å². The Kier molecular flexibility index (Phi) is 3.69. The molecule has 0 saturated carbocycles. The number of nitrogens with one attached hydrogen (secondary N) is 1. The summed E-state index contributed by atoms with van der Waals surface area (Å²) in [5.41, 5.74) is 7.33. The number of nitrogens with two attached hydrogens (primary N) is 1. The Balaban J connectivity index is 1.72. The molecule has 0 atom stereocenters. The highest BCUT2D eigenvalue weighted by Crippen LogP contribution is 2.24. The molecule has 0 aliphatic heterocycles. The molecular weight excluding hydrogens is 296 g/mol. The Morgan fingerprint density at radius 3 is 2.73 bits per heavy atom. The second-order valence-corrected chi connectivity index (χ2v) is 4.37. The van der Waals surface area contributed by atoms with Gasteiger partial charge in [-0.3, -0.25) is 0 Å². The highest BCUT2D eigenvalue weighted by molar-refractivity contribution is 5.78. The van der Waals surface area contributed by atoms with Gasteiger partial charge in [0.05, 0.1) is 0 Å². The number of rotatable bonds is 5. The van der Waals surface area contributed by atoms with Crippen LogP contribution in [0.4, 0.5) is 14.6 Å². The molecule has 0 spiro atoms. The Labute approximate surface area is 123 Å². The van der Waals surface area contributed by atoms with Crippen molar-refractivity contribution in [2.24, 2.45) is 0 Å². The third-order valence-electron chi connectivity index (χ3n) is 2.83. The SMILES string of the molecule is Nc1cc(OCc2ccc(OC(F)F)cc2)c2nn[nH]c2n1. The summed E-state index contributed by atoms with van der Waals surface area (Å²) in [5.74, 6) is 0.796. The van der Waals surface area contributed by atoms with E-state index in [4.69, 9.17) is 10.5 Å². The lowest BCUT2D eigenvalue weighted by Crippen LogP contribution is -2.02. The van der Waals surface area contributed by atoms with E-state index in [1.54, 1.807) is 18.2 Å². The van der Waals surface area contributed by atoms with Crippen LogP contribution in [0, 0.1) is 0 Å². The van der Waals surface area contributed by atoms with Gasteiger partial charge in [0, 0.05) is 6.07 Å². The number of nitrogen functional groups attached to an aromatic ring is 1. The smallest absolute Gasteiger partial charge is 0.387 e. The standard InChI is InChI=1S/C13H11F2N5O2/c14-13(15)22-8-3-1-7(2-4-8)6-21-9-5-10(16)17-12-11(9)18-20-19-12/h1-5,13H,6H2,(H3,16,17,18,19,20). The summed E-state index contributed by atoms with van der Waals surface area (Å²) >= 11 is 0. The molecule has 2 heterocycles. The molecule has 0 amide bonds. The second-order valence-electron chi connectivity index (χ2n) is 4.37. The first kappa shape index (κ1) is 14.0. The number of fused-ring (bicyclic) bond motifs is 1. The van der Waals surface area contributed by atoms with Gasteiger partial charge in [0.2, 0.25) is 0 Å². The van der Waals surface area contributed by atoms with Gasteiger partial charge in [-0.1, -0.05) is 17.3 Å². The molecule has 3 aromatic rings. The van der Waals surface area contributed by atoms with Gasteiger partial charge in [-0.2, -0.15) is 8.78 Å². The zero-order valence-corrected chi connectivity index (χ0v) is 11.2. The number of nitrogens with zero attached hydrogens (tertiary/aromatic N) is 3. The van der Waals surface area contributed by atoms with E-state index in [0.717, 1.165) is 5.56 Å². The van der Waals surface area contributed by atoms with Crippen molar-refractivity contribution in [1.82, 2.24) is 20.4 Å². The average Bonchev–Trinajstić information content (AvgIpc) is 2.93. The van der Waals surface area contributed by atoms with Crippen LogP contribution in [0.15, 0.2) is 30.3 Å². The summed E-state index contributed by atoms with van der Waals surface area (Å²) in [6.07, 6.45) is 0. The maximum Gasteiger partial charge on any atom is 0.387 e. The van der Waals surface area contributed by atoms with Gasteiger partial charge in [0.1, 0.15) is 18.2 Å². The maximum atomic E-state index is 12.1. The quantitative estimate of drug-likeness (QED) is 0.749. The van der Waals surface area contributed by atoms with Crippen LogP contribution in [0.25, 0.3) is 11.2 Å². The second kappa shape index (κ2) is 5.80. The maximum absolute atomic E-state index is 12.1. The van der Waals surface area contributed by atoms with Gasteiger partial charge in [-0.05, 0) is 17.7 Å². The lowest BCUT2D eigenvalue weighted by Gasteiger charge is -2.08. The van der Waals surface area contributed by atoms with E-state index in [1.807, 2.05) is 0 Å². The zero-order valence-electron chi connectivity index (χ0n) is 11.2. The van der Waals surface area contributed by atoms with Crippen molar-refractivity contribution in [1.29, 1.82) is 0 Å². The molecule has 1 aromatic carbocycles. The van der Waals surface area contributed by atoms with Crippen LogP contribution in [0.2, 0.25) is 0 Å². The summed E-state index contributed by atoms with van der Waals surface area (Å²) in [6.45, 7) is -2.64. The zero-order chi connectivity index (χ0) is 15.5. The summed E-state index contributed by atoms with van der Waals surface area (Å²) in [6, 6.07) is 7.68. The van der Waals surface area contributed by atoms with E-state index >= 15 is 0 Å². The fourth-order valence-corrected chi connectivity index (χ4v) is 1.87. The molecule has 0 fully saturated rings. The molecule has 3 N–H and O–H groups in total. The van der Waals surface area contributed by atoms with Crippen LogP contribution in [0.5, 0.6) is 11.5 Å². The number of benzene rings is 1. The normalized spacial score (nSPS) is 11.0. The number of H-pyrrole nitrogens is 1. The molecule has 0 bridgehead atoms. The largest absolute Gasteiger partial charge is 0.486 e. The van der Waals surface area contributed by atoms with Crippen molar-refractivity contribution < 1.29 is 18.3 Å². The monoisotopic (exact) mass is 307 g/mol. The van der Waals surface area contributed by atoms with Crippen LogP contribution in [-0.2, 0) is 6.61 Å². The van der Waals surface area contributed by atoms with E-state index in [-0.39, 0.29) is 18.2 Å². The fourth-order valence-electron chi connectivity index (χ4n) is 1.87. The lowest BCUT2D eigenvalue weighted by molar-refractivity contribution is -0.0498. The van der Waals surface area contributed by atoms with Crippen molar-refractivity contribution >= 4 is 17.0 Å². The van der Waals surface area contributed by atoms with Crippen LogP contribution >= 0.6 is 0 Å². The molecule has 0 radical (unpaired) electrons. The molecule has 0 saturated heterocycles. The molecule has 114 valence electrons. The average molecular weight is 307 g/mol. The number of aromatic amines is 1. The van der Waals surface area contributed by atoms with Gasteiger partial charge < -0.3 is 15.2 Å². The van der Waals surface area contributed by atoms with E-state index in [0.29, 0.717) is 16.9 Å². The molecule has 0 unspecified atom stereocenters. The molecule has 3 rings (SSSR count). The highest BCUT2D eigenvalue weighted by atomic mass is 19.3. The Hall–Kier alpha value is -2.97. The predicted octanol–water partition coefficient (Wildman–Crippen LogP) is 2.12. The van der Waals surface area contributed by atoms with Gasteiger partial charge in [0.25, 0.3) is 0 Å².